The molecule has 110 valence electrons. The van der Waals surface area contributed by atoms with Gasteiger partial charge < -0.3 is 10.1 Å². The molecule has 2 heteroatoms. The summed E-state index contributed by atoms with van der Waals surface area (Å²) in [6.07, 6.45) is 8.47. The molecule has 0 unspecified atom stereocenters. The second-order valence-corrected chi connectivity index (χ2v) is 7.06. The molecule has 1 aromatic rings. The summed E-state index contributed by atoms with van der Waals surface area (Å²) in [5.74, 6) is 1.03. The van der Waals surface area contributed by atoms with Gasteiger partial charge in [0.1, 0.15) is 5.75 Å². The van der Waals surface area contributed by atoms with Crippen LogP contribution in [0.3, 0.4) is 0 Å². The van der Waals surface area contributed by atoms with Gasteiger partial charge >= 0.3 is 0 Å². The Bertz CT molecular complexity index is 480. The Hall–Kier alpha value is -1.02. The molecule has 3 rings (SSSR count). The van der Waals surface area contributed by atoms with Crippen LogP contribution >= 0.6 is 0 Å². The highest BCUT2D eigenvalue weighted by molar-refractivity contribution is 5.42. The highest BCUT2D eigenvalue weighted by Crippen LogP contribution is 2.62. The van der Waals surface area contributed by atoms with Gasteiger partial charge in [0.05, 0.1) is 7.11 Å². The third kappa shape index (κ3) is 2.14. The zero-order valence-electron chi connectivity index (χ0n) is 13.1. The van der Waals surface area contributed by atoms with Crippen LogP contribution < -0.4 is 10.1 Å². The smallest absolute Gasteiger partial charge is 0.122 e. The maximum atomic E-state index is 5.52. The molecule has 2 aliphatic carbocycles. The number of aryl methyl sites for hydroxylation is 1. The van der Waals surface area contributed by atoms with Gasteiger partial charge in [-0.05, 0) is 62.3 Å². The minimum atomic E-state index is 0.333. The van der Waals surface area contributed by atoms with Gasteiger partial charge in [-0.1, -0.05) is 25.0 Å². The Labute approximate surface area is 122 Å². The second kappa shape index (κ2) is 5.07. The molecule has 0 bridgehead atoms. The third-order valence-corrected chi connectivity index (χ3v) is 5.63. The van der Waals surface area contributed by atoms with E-state index in [1.54, 1.807) is 7.11 Å². The minimum Gasteiger partial charge on any atom is -0.496 e. The summed E-state index contributed by atoms with van der Waals surface area (Å²) in [6.45, 7) is 3.20. The molecule has 0 saturated heterocycles. The fourth-order valence-corrected chi connectivity index (χ4v) is 4.78. The van der Waals surface area contributed by atoms with E-state index in [1.807, 2.05) is 0 Å². The third-order valence-electron chi connectivity index (χ3n) is 5.63. The molecule has 1 spiro atoms. The summed E-state index contributed by atoms with van der Waals surface area (Å²) in [7, 11) is 3.85. The summed E-state index contributed by atoms with van der Waals surface area (Å²) < 4.78 is 5.52. The quantitative estimate of drug-likeness (QED) is 0.900. The van der Waals surface area contributed by atoms with Crippen molar-refractivity contribution < 1.29 is 4.74 Å². The normalized spacial score (nSPS) is 22.8. The van der Waals surface area contributed by atoms with Crippen molar-refractivity contribution in [2.45, 2.75) is 50.9 Å². The van der Waals surface area contributed by atoms with Gasteiger partial charge in [-0.3, -0.25) is 0 Å². The average molecular weight is 273 g/mol. The van der Waals surface area contributed by atoms with Gasteiger partial charge in [0.15, 0.2) is 0 Å². The van der Waals surface area contributed by atoms with E-state index < -0.39 is 0 Å². The number of likely N-dealkylation sites (N-methyl/N-ethyl adjacent to an activating group) is 1. The Morgan fingerprint density at radius 1 is 1.20 bits per heavy atom. The summed E-state index contributed by atoms with van der Waals surface area (Å²) in [6, 6.07) is 6.80. The fourth-order valence-electron chi connectivity index (χ4n) is 4.78. The molecule has 0 radical (unpaired) electrons. The lowest BCUT2D eigenvalue weighted by atomic mass is 9.49. The Balaban J connectivity index is 1.88. The predicted octanol–water partition coefficient (Wildman–Crippen LogP) is 3.82. The van der Waals surface area contributed by atoms with Gasteiger partial charge in [0.25, 0.3) is 0 Å². The molecule has 2 fully saturated rings. The Morgan fingerprint density at radius 3 is 2.50 bits per heavy atom. The number of hydrogen-bond acceptors (Lipinski definition) is 2. The van der Waals surface area contributed by atoms with Crippen molar-refractivity contribution >= 4 is 0 Å². The summed E-state index contributed by atoms with van der Waals surface area (Å²) in [4.78, 5) is 0. The van der Waals surface area contributed by atoms with E-state index in [4.69, 9.17) is 4.74 Å². The van der Waals surface area contributed by atoms with Crippen LogP contribution in [0.4, 0.5) is 0 Å². The van der Waals surface area contributed by atoms with Crippen molar-refractivity contribution in [2.24, 2.45) is 5.41 Å². The summed E-state index contributed by atoms with van der Waals surface area (Å²) >= 11 is 0. The number of benzene rings is 1. The maximum Gasteiger partial charge on any atom is 0.122 e. The first-order chi connectivity index (χ1) is 9.63. The van der Waals surface area contributed by atoms with E-state index >= 15 is 0 Å². The molecule has 2 saturated carbocycles. The van der Waals surface area contributed by atoms with Crippen LogP contribution in [0.25, 0.3) is 0 Å². The maximum absolute atomic E-state index is 5.52. The van der Waals surface area contributed by atoms with Crippen LogP contribution in [0, 0.1) is 12.3 Å². The molecule has 0 aromatic heterocycles. The molecular weight excluding hydrogens is 246 g/mol. The van der Waals surface area contributed by atoms with Crippen molar-refractivity contribution in [1.82, 2.24) is 5.32 Å². The van der Waals surface area contributed by atoms with E-state index in [2.05, 4.69) is 37.5 Å². The first kappa shape index (κ1) is 13.9. The van der Waals surface area contributed by atoms with Gasteiger partial charge in [-0.2, -0.15) is 0 Å². The van der Waals surface area contributed by atoms with Crippen molar-refractivity contribution in [3.8, 4) is 5.75 Å². The predicted molar refractivity (Wildman–Crippen MR) is 83.5 cm³/mol. The Kier molecular flexibility index (Phi) is 3.53. The lowest BCUT2D eigenvalue weighted by Gasteiger charge is -2.56. The lowest BCUT2D eigenvalue weighted by Crippen LogP contribution is -2.53. The van der Waals surface area contributed by atoms with E-state index in [1.165, 1.54) is 49.7 Å². The number of ether oxygens (including phenoxy) is 1. The van der Waals surface area contributed by atoms with Crippen LogP contribution in [-0.2, 0) is 5.41 Å². The average Bonchev–Trinajstić information content (AvgIpc) is 2.88. The van der Waals surface area contributed by atoms with E-state index in [-0.39, 0.29) is 0 Å². The topological polar surface area (TPSA) is 21.3 Å². The lowest BCUT2D eigenvalue weighted by molar-refractivity contribution is 0.0281. The molecule has 1 aromatic carbocycles. The molecule has 20 heavy (non-hydrogen) atoms. The first-order valence-corrected chi connectivity index (χ1v) is 7.93. The minimum absolute atomic E-state index is 0.333. The summed E-state index contributed by atoms with van der Waals surface area (Å²) in [5.41, 5.74) is 3.69. The van der Waals surface area contributed by atoms with Gasteiger partial charge in [-0.25, -0.2) is 0 Å². The van der Waals surface area contributed by atoms with Crippen molar-refractivity contribution in [2.75, 3.05) is 20.7 Å². The SMILES string of the molecule is CNCC1(c2ccc(C)c(OC)c2)CC2(CCCC2)C1. The Morgan fingerprint density at radius 2 is 1.90 bits per heavy atom. The van der Waals surface area contributed by atoms with Gasteiger partial charge in [0.2, 0.25) is 0 Å². The molecule has 0 atom stereocenters. The zero-order chi connectivity index (χ0) is 14.2. The standard InChI is InChI=1S/C18H27NO/c1-14-6-7-15(10-16(14)20-3)18(13-19-2)11-17(12-18)8-4-5-9-17/h6-7,10,19H,4-5,8-9,11-13H2,1-3H3. The molecule has 0 amide bonds. The second-order valence-electron chi connectivity index (χ2n) is 7.06. The number of hydrogen-bond donors (Lipinski definition) is 1. The van der Waals surface area contributed by atoms with E-state index in [9.17, 15) is 0 Å². The van der Waals surface area contributed by atoms with Crippen molar-refractivity contribution in [1.29, 1.82) is 0 Å². The van der Waals surface area contributed by atoms with Crippen molar-refractivity contribution in [3.63, 3.8) is 0 Å². The molecular formula is C18H27NO. The zero-order valence-corrected chi connectivity index (χ0v) is 13.1. The fraction of sp³-hybridized carbons (Fsp3) is 0.667. The van der Waals surface area contributed by atoms with Crippen LogP contribution in [0.1, 0.15) is 49.7 Å². The number of nitrogens with one attached hydrogen (secondary N) is 1. The largest absolute Gasteiger partial charge is 0.496 e. The highest BCUT2D eigenvalue weighted by atomic mass is 16.5. The van der Waals surface area contributed by atoms with E-state index in [0.29, 0.717) is 10.8 Å². The van der Waals surface area contributed by atoms with Crippen molar-refractivity contribution in [3.05, 3.63) is 29.3 Å². The monoisotopic (exact) mass is 273 g/mol. The van der Waals surface area contributed by atoms with Gasteiger partial charge in [-0.15, -0.1) is 0 Å². The van der Waals surface area contributed by atoms with Crippen LogP contribution in [-0.4, -0.2) is 20.7 Å². The first-order valence-electron chi connectivity index (χ1n) is 7.93. The van der Waals surface area contributed by atoms with Gasteiger partial charge in [0, 0.05) is 12.0 Å². The highest BCUT2D eigenvalue weighted by Gasteiger charge is 2.55. The van der Waals surface area contributed by atoms with Crippen LogP contribution in [0.2, 0.25) is 0 Å². The number of rotatable bonds is 4. The molecule has 2 aliphatic rings. The van der Waals surface area contributed by atoms with Crippen LogP contribution in [0.15, 0.2) is 18.2 Å². The molecule has 0 aliphatic heterocycles. The number of methoxy groups -OCH3 is 1. The molecule has 2 nitrogen and oxygen atoms in total. The summed E-state index contributed by atoms with van der Waals surface area (Å²) in [5, 5.41) is 3.43. The molecule has 0 heterocycles. The molecule has 1 N–H and O–H groups in total. The van der Waals surface area contributed by atoms with Crippen LogP contribution in [0.5, 0.6) is 5.75 Å². The van der Waals surface area contributed by atoms with E-state index in [0.717, 1.165) is 12.3 Å².